The van der Waals surface area contributed by atoms with Gasteiger partial charge in [0.15, 0.2) is 0 Å². The molecule has 0 spiro atoms. The molecule has 2 nitrogen and oxygen atoms in total. The SMILES string of the molecule is CCc1cccc(C)c1N1CCSCC1CN. The lowest BCUT2D eigenvalue weighted by Gasteiger charge is -2.38. The monoisotopic (exact) mass is 250 g/mol. The highest BCUT2D eigenvalue weighted by Gasteiger charge is 2.24. The number of rotatable bonds is 3. The Morgan fingerprint density at radius 2 is 2.29 bits per heavy atom. The molecule has 1 fully saturated rings. The molecule has 2 rings (SSSR count). The van der Waals surface area contributed by atoms with Crippen LogP contribution in [0.4, 0.5) is 5.69 Å². The summed E-state index contributed by atoms with van der Waals surface area (Å²) >= 11 is 2.02. The number of aryl methyl sites for hydroxylation is 2. The summed E-state index contributed by atoms with van der Waals surface area (Å²) in [6.45, 7) is 6.33. The van der Waals surface area contributed by atoms with Gasteiger partial charge in [-0.3, -0.25) is 0 Å². The van der Waals surface area contributed by atoms with Crippen LogP contribution in [0, 0.1) is 6.92 Å². The van der Waals surface area contributed by atoms with Crippen LogP contribution in [-0.4, -0.2) is 30.6 Å². The zero-order valence-corrected chi connectivity index (χ0v) is 11.6. The van der Waals surface area contributed by atoms with Gasteiger partial charge in [0.25, 0.3) is 0 Å². The number of hydrogen-bond acceptors (Lipinski definition) is 3. The van der Waals surface area contributed by atoms with E-state index < -0.39 is 0 Å². The molecule has 17 heavy (non-hydrogen) atoms. The molecule has 1 atom stereocenters. The van der Waals surface area contributed by atoms with Crippen molar-refractivity contribution in [1.29, 1.82) is 0 Å². The van der Waals surface area contributed by atoms with E-state index in [-0.39, 0.29) is 0 Å². The van der Waals surface area contributed by atoms with E-state index >= 15 is 0 Å². The van der Waals surface area contributed by atoms with E-state index in [0.29, 0.717) is 6.04 Å². The number of anilines is 1. The molecule has 1 aliphatic heterocycles. The van der Waals surface area contributed by atoms with Crippen LogP contribution in [0.3, 0.4) is 0 Å². The molecule has 0 bridgehead atoms. The molecule has 0 saturated carbocycles. The fourth-order valence-corrected chi connectivity index (χ4v) is 3.64. The molecule has 1 saturated heterocycles. The van der Waals surface area contributed by atoms with Gasteiger partial charge in [0.05, 0.1) is 6.04 Å². The van der Waals surface area contributed by atoms with Crippen LogP contribution in [0.5, 0.6) is 0 Å². The summed E-state index contributed by atoms with van der Waals surface area (Å²) in [6.07, 6.45) is 1.10. The zero-order chi connectivity index (χ0) is 12.3. The van der Waals surface area contributed by atoms with Crippen LogP contribution in [0.15, 0.2) is 18.2 Å². The van der Waals surface area contributed by atoms with E-state index in [0.717, 1.165) is 25.3 Å². The molecule has 1 aromatic carbocycles. The molecule has 1 aliphatic rings. The van der Waals surface area contributed by atoms with Crippen molar-refractivity contribution in [2.45, 2.75) is 26.3 Å². The fourth-order valence-electron chi connectivity index (χ4n) is 2.56. The summed E-state index contributed by atoms with van der Waals surface area (Å²) in [5.41, 5.74) is 10.2. The lowest BCUT2D eigenvalue weighted by Crippen LogP contribution is -2.47. The third kappa shape index (κ3) is 2.61. The lowest BCUT2D eigenvalue weighted by molar-refractivity contribution is 0.650. The van der Waals surface area contributed by atoms with Crippen molar-refractivity contribution in [3.63, 3.8) is 0 Å². The van der Waals surface area contributed by atoms with E-state index in [2.05, 4.69) is 36.9 Å². The maximum atomic E-state index is 5.92. The number of para-hydroxylation sites is 1. The number of nitrogens with zero attached hydrogens (tertiary/aromatic N) is 1. The Morgan fingerprint density at radius 3 is 3.00 bits per heavy atom. The molecule has 3 heteroatoms. The molecular formula is C14H22N2S. The topological polar surface area (TPSA) is 29.3 Å². The Labute approximate surface area is 109 Å². The van der Waals surface area contributed by atoms with Gasteiger partial charge in [-0.1, -0.05) is 25.1 Å². The summed E-state index contributed by atoms with van der Waals surface area (Å²) in [4.78, 5) is 2.53. The van der Waals surface area contributed by atoms with Crippen molar-refractivity contribution in [3.8, 4) is 0 Å². The van der Waals surface area contributed by atoms with Crippen LogP contribution in [0.1, 0.15) is 18.1 Å². The molecule has 94 valence electrons. The first-order valence-electron chi connectivity index (χ1n) is 6.40. The standard InChI is InChI=1S/C14H22N2S/c1-3-12-6-4-5-11(2)14(12)16-7-8-17-10-13(16)9-15/h4-6,13H,3,7-10,15H2,1-2H3. The van der Waals surface area contributed by atoms with Crippen molar-refractivity contribution >= 4 is 17.4 Å². The normalized spacial score (nSPS) is 20.6. The van der Waals surface area contributed by atoms with Gasteiger partial charge in [-0.05, 0) is 24.5 Å². The minimum absolute atomic E-state index is 0.500. The van der Waals surface area contributed by atoms with Gasteiger partial charge in [0, 0.05) is 30.3 Å². The first-order valence-corrected chi connectivity index (χ1v) is 7.56. The summed E-state index contributed by atoms with van der Waals surface area (Å²) in [7, 11) is 0. The maximum Gasteiger partial charge on any atom is 0.0503 e. The largest absolute Gasteiger partial charge is 0.365 e. The van der Waals surface area contributed by atoms with Crippen molar-refractivity contribution < 1.29 is 0 Å². The predicted octanol–water partition coefficient (Wildman–Crippen LogP) is 2.44. The molecule has 0 aromatic heterocycles. The highest BCUT2D eigenvalue weighted by atomic mass is 32.2. The Balaban J connectivity index is 2.36. The van der Waals surface area contributed by atoms with Crippen LogP contribution >= 0.6 is 11.8 Å². The minimum atomic E-state index is 0.500. The van der Waals surface area contributed by atoms with Gasteiger partial charge in [-0.15, -0.1) is 0 Å². The summed E-state index contributed by atoms with van der Waals surface area (Å²) in [5.74, 6) is 2.38. The van der Waals surface area contributed by atoms with Crippen molar-refractivity contribution in [1.82, 2.24) is 0 Å². The van der Waals surface area contributed by atoms with Crippen LogP contribution in [0.2, 0.25) is 0 Å². The van der Waals surface area contributed by atoms with Gasteiger partial charge >= 0.3 is 0 Å². The molecule has 0 aliphatic carbocycles. The first-order chi connectivity index (χ1) is 8.27. The van der Waals surface area contributed by atoms with Gasteiger partial charge in [0.2, 0.25) is 0 Å². The van der Waals surface area contributed by atoms with Gasteiger partial charge in [0.1, 0.15) is 0 Å². The summed E-state index contributed by atoms with van der Waals surface area (Å²) in [6, 6.07) is 7.12. The number of benzene rings is 1. The van der Waals surface area contributed by atoms with Crippen LogP contribution in [0.25, 0.3) is 0 Å². The quantitative estimate of drug-likeness (QED) is 0.893. The van der Waals surface area contributed by atoms with Gasteiger partial charge in [-0.25, -0.2) is 0 Å². The van der Waals surface area contributed by atoms with E-state index in [1.807, 2.05) is 11.8 Å². The molecule has 2 N–H and O–H groups in total. The summed E-state index contributed by atoms with van der Waals surface area (Å²) in [5, 5.41) is 0. The third-order valence-corrected chi connectivity index (χ3v) is 4.58. The second-order valence-corrected chi connectivity index (χ2v) is 5.74. The average Bonchev–Trinajstić information content (AvgIpc) is 2.38. The Kier molecular flexibility index (Phi) is 4.35. The fraction of sp³-hybridized carbons (Fsp3) is 0.571. The smallest absolute Gasteiger partial charge is 0.0503 e. The zero-order valence-electron chi connectivity index (χ0n) is 10.8. The Morgan fingerprint density at radius 1 is 1.47 bits per heavy atom. The second-order valence-electron chi connectivity index (χ2n) is 4.59. The average molecular weight is 250 g/mol. The van der Waals surface area contributed by atoms with Crippen LogP contribution < -0.4 is 10.6 Å². The maximum absolute atomic E-state index is 5.92. The van der Waals surface area contributed by atoms with E-state index in [9.17, 15) is 0 Å². The van der Waals surface area contributed by atoms with E-state index in [1.54, 1.807) is 0 Å². The number of nitrogens with two attached hydrogens (primary N) is 1. The highest BCUT2D eigenvalue weighted by molar-refractivity contribution is 7.99. The van der Waals surface area contributed by atoms with E-state index in [1.165, 1.54) is 22.6 Å². The Bertz CT molecular complexity index is 378. The highest BCUT2D eigenvalue weighted by Crippen LogP contribution is 2.30. The lowest BCUT2D eigenvalue weighted by atomic mass is 10.0. The van der Waals surface area contributed by atoms with Crippen molar-refractivity contribution in [2.24, 2.45) is 5.73 Å². The van der Waals surface area contributed by atoms with E-state index in [4.69, 9.17) is 5.73 Å². The van der Waals surface area contributed by atoms with Gasteiger partial charge < -0.3 is 10.6 Å². The minimum Gasteiger partial charge on any atom is -0.365 e. The van der Waals surface area contributed by atoms with Crippen LogP contribution in [-0.2, 0) is 6.42 Å². The van der Waals surface area contributed by atoms with Crippen molar-refractivity contribution in [2.75, 3.05) is 29.5 Å². The molecule has 0 radical (unpaired) electrons. The number of hydrogen-bond donors (Lipinski definition) is 1. The summed E-state index contributed by atoms with van der Waals surface area (Å²) < 4.78 is 0. The molecular weight excluding hydrogens is 228 g/mol. The second kappa shape index (κ2) is 5.78. The molecule has 0 amide bonds. The molecule has 1 heterocycles. The number of thioether (sulfide) groups is 1. The predicted molar refractivity (Wildman–Crippen MR) is 78.1 cm³/mol. The molecule has 1 unspecified atom stereocenters. The Hall–Kier alpha value is -0.670. The van der Waals surface area contributed by atoms with Crippen molar-refractivity contribution in [3.05, 3.63) is 29.3 Å². The van der Waals surface area contributed by atoms with Gasteiger partial charge in [-0.2, -0.15) is 11.8 Å². The molecule has 1 aromatic rings. The first kappa shape index (κ1) is 12.8. The third-order valence-electron chi connectivity index (χ3n) is 3.49.